The summed E-state index contributed by atoms with van der Waals surface area (Å²) in [5.41, 5.74) is -0.750. The lowest BCUT2D eigenvalue weighted by Gasteiger charge is -2.36. The number of benzene rings is 1. The second-order valence-corrected chi connectivity index (χ2v) is 9.21. The normalized spacial score (nSPS) is 16.0. The molecule has 7 heteroatoms. The maximum Gasteiger partial charge on any atom is 0.323 e. The van der Waals surface area contributed by atoms with Gasteiger partial charge in [-0.05, 0) is 56.3 Å². The van der Waals surface area contributed by atoms with Crippen LogP contribution >= 0.6 is 0 Å². The van der Waals surface area contributed by atoms with Crippen LogP contribution in [0, 0.1) is 17.0 Å². The van der Waals surface area contributed by atoms with E-state index in [2.05, 4.69) is 6.92 Å². The van der Waals surface area contributed by atoms with Crippen molar-refractivity contribution in [3.05, 3.63) is 34.9 Å². The minimum absolute atomic E-state index is 0.142. The van der Waals surface area contributed by atoms with Crippen LogP contribution in [0.5, 0.6) is 0 Å². The Kier molecular flexibility index (Phi) is 11.2. The Hall–Kier alpha value is -2.02. The summed E-state index contributed by atoms with van der Waals surface area (Å²) in [5, 5.41) is 9.50. The summed E-state index contributed by atoms with van der Waals surface area (Å²) in [7, 11) is 1.19. The van der Waals surface area contributed by atoms with E-state index in [9.17, 15) is 23.5 Å². The van der Waals surface area contributed by atoms with E-state index in [4.69, 9.17) is 4.74 Å². The third-order valence-electron chi connectivity index (χ3n) is 6.93. The number of likely N-dealkylation sites (tertiary alicyclic amines) is 1. The summed E-state index contributed by atoms with van der Waals surface area (Å²) in [4.78, 5) is 25.6. The van der Waals surface area contributed by atoms with Crippen LogP contribution in [0.25, 0.3) is 0 Å². The number of methoxy groups -OCH3 is 1. The number of carboxylic acid groups (broad SMARTS) is 1. The van der Waals surface area contributed by atoms with Crippen LogP contribution in [0.3, 0.4) is 0 Å². The molecule has 1 fully saturated rings. The molecule has 1 saturated heterocycles. The number of ether oxygens (including phenoxy) is 1. The predicted molar refractivity (Wildman–Crippen MR) is 124 cm³/mol. The van der Waals surface area contributed by atoms with Gasteiger partial charge in [-0.15, -0.1) is 0 Å². The molecule has 0 amide bonds. The lowest BCUT2D eigenvalue weighted by molar-refractivity contribution is -0.170. The van der Waals surface area contributed by atoms with Gasteiger partial charge >= 0.3 is 11.9 Å². The molecule has 0 radical (unpaired) electrons. The molecule has 0 atom stereocenters. The molecule has 0 bridgehead atoms. The van der Waals surface area contributed by atoms with Crippen molar-refractivity contribution in [1.29, 1.82) is 0 Å². The van der Waals surface area contributed by atoms with Crippen molar-refractivity contribution in [1.82, 2.24) is 4.90 Å². The molecule has 1 heterocycles. The van der Waals surface area contributed by atoms with Crippen molar-refractivity contribution in [2.24, 2.45) is 5.41 Å². The minimum atomic E-state index is -1.51. The van der Waals surface area contributed by atoms with E-state index >= 15 is 0 Å². The van der Waals surface area contributed by atoms with E-state index in [1.165, 1.54) is 39.2 Å². The average Bonchev–Trinajstić information content (AvgIpc) is 2.82. The highest BCUT2D eigenvalue weighted by atomic mass is 19.2. The number of carbonyl (C=O) groups excluding carboxylic acids is 1. The molecule has 186 valence electrons. The summed E-state index contributed by atoms with van der Waals surface area (Å²) < 4.78 is 33.9. The summed E-state index contributed by atoms with van der Waals surface area (Å²) in [6.45, 7) is 3.46. The molecule has 1 aliphatic rings. The number of halogens is 2. The number of nitrogens with zero attached hydrogens (tertiary/aromatic N) is 1. The largest absolute Gasteiger partial charge is 0.480 e. The van der Waals surface area contributed by atoms with Gasteiger partial charge in [0, 0.05) is 6.54 Å². The Labute approximate surface area is 196 Å². The number of aliphatic carboxylic acids is 1. The zero-order valence-corrected chi connectivity index (χ0v) is 20.1. The van der Waals surface area contributed by atoms with E-state index in [0.717, 1.165) is 19.3 Å². The summed E-state index contributed by atoms with van der Waals surface area (Å²) >= 11 is 0. The summed E-state index contributed by atoms with van der Waals surface area (Å²) in [6.07, 6.45) is 10.5. The minimum Gasteiger partial charge on any atom is -0.480 e. The van der Waals surface area contributed by atoms with E-state index in [1.807, 2.05) is 4.90 Å². The quantitative estimate of drug-likeness (QED) is 0.221. The molecule has 33 heavy (non-hydrogen) atoms. The first-order valence-electron chi connectivity index (χ1n) is 12.4. The summed E-state index contributed by atoms with van der Waals surface area (Å²) in [5.74, 6) is -3.42. The van der Waals surface area contributed by atoms with Gasteiger partial charge in [0.15, 0.2) is 17.0 Å². The van der Waals surface area contributed by atoms with Crippen molar-refractivity contribution in [2.45, 2.75) is 84.0 Å². The Morgan fingerprint density at radius 2 is 1.45 bits per heavy atom. The van der Waals surface area contributed by atoms with E-state index < -0.39 is 29.0 Å². The number of piperidine rings is 1. The van der Waals surface area contributed by atoms with Gasteiger partial charge < -0.3 is 14.7 Å². The van der Waals surface area contributed by atoms with Crippen LogP contribution in [0.1, 0.15) is 82.3 Å². The van der Waals surface area contributed by atoms with Crippen molar-refractivity contribution in [2.75, 3.05) is 26.7 Å². The summed E-state index contributed by atoms with van der Waals surface area (Å²) in [6, 6.07) is 3.36. The van der Waals surface area contributed by atoms with Crippen LogP contribution in [0.2, 0.25) is 0 Å². The molecular formula is C26H39F2NO4. The number of hydrogen-bond acceptors (Lipinski definition) is 4. The van der Waals surface area contributed by atoms with Gasteiger partial charge in [-0.2, -0.15) is 0 Å². The first kappa shape index (κ1) is 27.2. The SMILES string of the molecule is CCCCCCCCCCc1ccc(CCN2CCC(C(=O)O)(C(=O)OC)CC2)c(F)c1F. The Morgan fingerprint density at radius 1 is 0.939 bits per heavy atom. The number of rotatable bonds is 14. The molecule has 5 nitrogen and oxygen atoms in total. The van der Waals surface area contributed by atoms with Crippen LogP contribution in [0.15, 0.2) is 12.1 Å². The van der Waals surface area contributed by atoms with Gasteiger partial charge in [-0.1, -0.05) is 64.0 Å². The number of carbonyl (C=O) groups is 2. The fourth-order valence-corrected chi connectivity index (χ4v) is 4.60. The first-order chi connectivity index (χ1) is 15.9. The molecular weight excluding hydrogens is 428 g/mol. The molecule has 1 aliphatic heterocycles. The van der Waals surface area contributed by atoms with Gasteiger partial charge in [0.1, 0.15) is 0 Å². The highest BCUT2D eigenvalue weighted by molar-refractivity contribution is 5.99. The third-order valence-corrected chi connectivity index (χ3v) is 6.93. The van der Waals surface area contributed by atoms with Crippen molar-refractivity contribution in [3.63, 3.8) is 0 Å². The first-order valence-corrected chi connectivity index (χ1v) is 12.4. The predicted octanol–water partition coefficient (Wildman–Crippen LogP) is 5.53. The van der Waals surface area contributed by atoms with Gasteiger partial charge in [0.2, 0.25) is 0 Å². The molecule has 2 rings (SSSR count). The lowest BCUT2D eigenvalue weighted by Crippen LogP contribution is -2.49. The molecule has 0 aliphatic carbocycles. The molecule has 0 unspecified atom stereocenters. The number of aryl methyl sites for hydroxylation is 1. The van der Waals surface area contributed by atoms with Gasteiger partial charge in [0.25, 0.3) is 0 Å². The molecule has 0 spiro atoms. The van der Waals surface area contributed by atoms with Gasteiger partial charge in [-0.25, -0.2) is 8.78 Å². The molecule has 0 saturated carbocycles. The second kappa shape index (κ2) is 13.6. The smallest absolute Gasteiger partial charge is 0.323 e. The zero-order valence-electron chi connectivity index (χ0n) is 20.1. The van der Waals surface area contributed by atoms with E-state index in [1.54, 1.807) is 12.1 Å². The van der Waals surface area contributed by atoms with Crippen LogP contribution in [-0.4, -0.2) is 48.7 Å². The molecule has 0 aromatic heterocycles. The van der Waals surface area contributed by atoms with Crippen LogP contribution in [-0.2, 0) is 27.2 Å². The highest BCUT2D eigenvalue weighted by Crippen LogP contribution is 2.33. The van der Waals surface area contributed by atoms with Crippen LogP contribution < -0.4 is 0 Å². The maximum absolute atomic E-state index is 14.6. The molecule has 1 N–H and O–H groups in total. The average molecular weight is 468 g/mol. The van der Waals surface area contributed by atoms with Crippen LogP contribution in [0.4, 0.5) is 8.78 Å². The monoisotopic (exact) mass is 467 g/mol. The fourth-order valence-electron chi connectivity index (χ4n) is 4.60. The number of carboxylic acids is 1. The Bertz CT molecular complexity index is 776. The van der Waals surface area contributed by atoms with Crippen molar-refractivity contribution in [3.8, 4) is 0 Å². The van der Waals surface area contributed by atoms with Gasteiger partial charge in [0.05, 0.1) is 7.11 Å². The van der Waals surface area contributed by atoms with Crippen molar-refractivity contribution >= 4 is 11.9 Å². The maximum atomic E-state index is 14.6. The lowest BCUT2D eigenvalue weighted by atomic mass is 9.78. The van der Waals surface area contributed by atoms with E-state index in [0.29, 0.717) is 43.6 Å². The topological polar surface area (TPSA) is 66.8 Å². The standard InChI is InChI=1S/C26H39F2NO4/c1-3-4-5-6-7-8-9-10-11-20-12-13-21(23(28)22(20)27)14-17-29-18-15-26(16-19-29,24(30)31)25(32)33-2/h12-13H,3-11,14-19H2,1-2H3,(H,30,31). The number of unbranched alkanes of at least 4 members (excludes halogenated alkanes) is 7. The zero-order chi connectivity index (χ0) is 24.3. The third kappa shape index (κ3) is 7.49. The fraction of sp³-hybridized carbons (Fsp3) is 0.692. The molecule has 1 aromatic rings. The Balaban J connectivity index is 1.79. The highest BCUT2D eigenvalue weighted by Gasteiger charge is 2.49. The van der Waals surface area contributed by atoms with Gasteiger partial charge in [-0.3, -0.25) is 9.59 Å². The number of esters is 1. The Morgan fingerprint density at radius 3 is 1.97 bits per heavy atom. The van der Waals surface area contributed by atoms with Crippen molar-refractivity contribution < 1.29 is 28.2 Å². The number of hydrogen-bond donors (Lipinski definition) is 1. The van der Waals surface area contributed by atoms with E-state index in [-0.39, 0.29) is 12.8 Å². The molecule has 1 aromatic carbocycles. The second-order valence-electron chi connectivity index (χ2n) is 9.21.